The van der Waals surface area contributed by atoms with Crippen LogP contribution in [0.4, 0.5) is 5.69 Å². The third-order valence-corrected chi connectivity index (χ3v) is 4.15. The van der Waals surface area contributed by atoms with E-state index in [1.807, 2.05) is 13.8 Å². The average molecular weight is 384 g/mol. The predicted octanol–water partition coefficient (Wildman–Crippen LogP) is 3.99. The van der Waals surface area contributed by atoms with Crippen molar-refractivity contribution in [3.05, 3.63) is 39.5 Å². The van der Waals surface area contributed by atoms with Gasteiger partial charge in [0.2, 0.25) is 0 Å². The number of benzene rings is 1. The lowest BCUT2D eigenvalue weighted by atomic mass is 10.2. The normalized spacial score (nSPS) is 10.2. The standard InChI is InChI=1S/C17H18ClNO5S/c1-3-22-12-6-5-11(9-13(12)23-4-2)19-16(20)10-24-17(21)14-7-8-15(18)25-14/h5-9H,3-4,10H2,1-2H3,(H,19,20). The molecule has 0 fully saturated rings. The first-order chi connectivity index (χ1) is 12.0. The zero-order valence-electron chi connectivity index (χ0n) is 13.8. The summed E-state index contributed by atoms with van der Waals surface area (Å²) in [6, 6.07) is 8.20. The maximum atomic E-state index is 12.0. The van der Waals surface area contributed by atoms with Crippen molar-refractivity contribution < 1.29 is 23.8 Å². The Morgan fingerprint density at radius 1 is 1.08 bits per heavy atom. The molecule has 1 aromatic carbocycles. The summed E-state index contributed by atoms with van der Waals surface area (Å²) in [7, 11) is 0. The highest BCUT2D eigenvalue weighted by molar-refractivity contribution is 7.17. The van der Waals surface area contributed by atoms with Crippen LogP contribution in [0.15, 0.2) is 30.3 Å². The molecule has 25 heavy (non-hydrogen) atoms. The van der Waals surface area contributed by atoms with E-state index < -0.39 is 18.5 Å². The van der Waals surface area contributed by atoms with E-state index in [9.17, 15) is 9.59 Å². The lowest BCUT2D eigenvalue weighted by Gasteiger charge is -2.13. The summed E-state index contributed by atoms with van der Waals surface area (Å²) in [6.07, 6.45) is 0. The van der Waals surface area contributed by atoms with Crippen LogP contribution in [-0.4, -0.2) is 31.7 Å². The smallest absolute Gasteiger partial charge is 0.348 e. The third-order valence-electron chi connectivity index (χ3n) is 2.94. The monoisotopic (exact) mass is 383 g/mol. The SMILES string of the molecule is CCOc1ccc(NC(=O)COC(=O)c2ccc(Cl)s2)cc1OCC. The number of ether oxygens (including phenoxy) is 3. The Kier molecular flexibility index (Phi) is 7.09. The van der Waals surface area contributed by atoms with Gasteiger partial charge in [0.15, 0.2) is 18.1 Å². The van der Waals surface area contributed by atoms with Gasteiger partial charge in [0.05, 0.1) is 17.6 Å². The van der Waals surface area contributed by atoms with E-state index in [-0.39, 0.29) is 0 Å². The highest BCUT2D eigenvalue weighted by Gasteiger charge is 2.13. The molecule has 0 radical (unpaired) electrons. The summed E-state index contributed by atoms with van der Waals surface area (Å²) < 4.78 is 16.4. The van der Waals surface area contributed by atoms with Gasteiger partial charge in [-0.15, -0.1) is 11.3 Å². The highest BCUT2D eigenvalue weighted by Crippen LogP contribution is 2.30. The minimum Gasteiger partial charge on any atom is -0.490 e. The van der Waals surface area contributed by atoms with E-state index in [0.717, 1.165) is 11.3 Å². The van der Waals surface area contributed by atoms with Crippen molar-refractivity contribution in [1.82, 2.24) is 0 Å². The van der Waals surface area contributed by atoms with Crippen LogP contribution in [0.3, 0.4) is 0 Å². The zero-order chi connectivity index (χ0) is 18.2. The summed E-state index contributed by atoms with van der Waals surface area (Å²) in [5.74, 6) is 0.0899. The Bertz CT molecular complexity index is 746. The van der Waals surface area contributed by atoms with E-state index in [0.29, 0.717) is 39.6 Å². The molecule has 0 atom stereocenters. The number of halogens is 1. The molecular formula is C17H18ClNO5S. The number of esters is 1. The molecule has 0 spiro atoms. The molecule has 134 valence electrons. The first-order valence-corrected chi connectivity index (χ1v) is 8.84. The van der Waals surface area contributed by atoms with Gasteiger partial charge in [-0.1, -0.05) is 11.6 Å². The summed E-state index contributed by atoms with van der Waals surface area (Å²) in [6.45, 7) is 4.32. The van der Waals surface area contributed by atoms with Gasteiger partial charge in [-0.25, -0.2) is 4.79 Å². The highest BCUT2D eigenvalue weighted by atomic mass is 35.5. The van der Waals surface area contributed by atoms with Crippen LogP contribution in [-0.2, 0) is 9.53 Å². The lowest BCUT2D eigenvalue weighted by molar-refractivity contribution is -0.119. The van der Waals surface area contributed by atoms with Crippen molar-refractivity contribution in [2.45, 2.75) is 13.8 Å². The number of amides is 1. The predicted molar refractivity (Wildman–Crippen MR) is 97.0 cm³/mol. The molecule has 8 heteroatoms. The number of rotatable bonds is 8. The van der Waals surface area contributed by atoms with Crippen LogP contribution in [0.5, 0.6) is 11.5 Å². The Morgan fingerprint density at radius 3 is 2.44 bits per heavy atom. The van der Waals surface area contributed by atoms with Crippen LogP contribution in [0.2, 0.25) is 4.34 Å². The number of carbonyl (C=O) groups is 2. The summed E-state index contributed by atoms with van der Waals surface area (Å²) >= 11 is 6.85. The van der Waals surface area contributed by atoms with Gasteiger partial charge in [0.25, 0.3) is 5.91 Å². The van der Waals surface area contributed by atoms with Gasteiger partial charge in [-0.2, -0.15) is 0 Å². The summed E-state index contributed by atoms with van der Waals surface area (Å²) in [4.78, 5) is 24.1. The van der Waals surface area contributed by atoms with Crippen molar-refractivity contribution in [2.24, 2.45) is 0 Å². The van der Waals surface area contributed by atoms with E-state index in [1.165, 1.54) is 0 Å². The second-order valence-electron chi connectivity index (χ2n) is 4.76. The number of nitrogens with one attached hydrogen (secondary N) is 1. The van der Waals surface area contributed by atoms with Gasteiger partial charge >= 0.3 is 5.97 Å². The number of anilines is 1. The van der Waals surface area contributed by atoms with Gasteiger partial charge < -0.3 is 19.5 Å². The fraction of sp³-hybridized carbons (Fsp3) is 0.294. The topological polar surface area (TPSA) is 73.9 Å². The molecule has 1 aromatic heterocycles. The Morgan fingerprint density at radius 2 is 1.80 bits per heavy atom. The molecule has 2 aromatic rings. The van der Waals surface area contributed by atoms with Crippen LogP contribution in [0, 0.1) is 0 Å². The van der Waals surface area contributed by atoms with Crippen LogP contribution in [0.25, 0.3) is 0 Å². The number of carbonyl (C=O) groups excluding carboxylic acids is 2. The van der Waals surface area contributed by atoms with Gasteiger partial charge in [0.1, 0.15) is 4.88 Å². The first-order valence-electron chi connectivity index (χ1n) is 7.65. The fourth-order valence-corrected chi connectivity index (χ4v) is 2.89. The molecule has 0 bridgehead atoms. The van der Waals surface area contributed by atoms with Gasteiger partial charge in [-0.3, -0.25) is 4.79 Å². The van der Waals surface area contributed by atoms with Crippen molar-refractivity contribution >= 4 is 40.5 Å². The molecule has 0 aliphatic heterocycles. The fourth-order valence-electron chi connectivity index (χ4n) is 1.95. The molecule has 0 saturated heterocycles. The molecule has 0 saturated carbocycles. The molecule has 6 nitrogen and oxygen atoms in total. The van der Waals surface area contributed by atoms with Crippen LogP contribution < -0.4 is 14.8 Å². The maximum absolute atomic E-state index is 12.0. The average Bonchev–Trinajstić information content (AvgIpc) is 3.02. The summed E-state index contributed by atoms with van der Waals surface area (Å²) in [5, 5.41) is 2.65. The zero-order valence-corrected chi connectivity index (χ0v) is 15.4. The maximum Gasteiger partial charge on any atom is 0.348 e. The quantitative estimate of drug-likeness (QED) is 0.697. The molecule has 1 N–H and O–H groups in total. The van der Waals surface area contributed by atoms with E-state index in [1.54, 1.807) is 30.3 Å². The van der Waals surface area contributed by atoms with E-state index in [2.05, 4.69) is 5.32 Å². The number of hydrogen-bond acceptors (Lipinski definition) is 6. The van der Waals surface area contributed by atoms with Crippen molar-refractivity contribution in [3.63, 3.8) is 0 Å². The molecule has 1 amide bonds. The molecule has 1 heterocycles. The number of hydrogen-bond donors (Lipinski definition) is 1. The Hall–Kier alpha value is -2.25. The third kappa shape index (κ3) is 5.65. The first kappa shape index (κ1) is 19.1. The molecular weight excluding hydrogens is 366 g/mol. The minimum absolute atomic E-state index is 0.345. The molecule has 0 aliphatic rings. The van der Waals surface area contributed by atoms with E-state index >= 15 is 0 Å². The Labute approximate surface area is 154 Å². The van der Waals surface area contributed by atoms with Gasteiger partial charge in [0, 0.05) is 11.8 Å². The summed E-state index contributed by atoms with van der Waals surface area (Å²) in [5.41, 5.74) is 0.520. The molecule has 2 rings (SSSR count). The van der Waals surface area contributed by atoms with Crippen molar-refractivity contribution in [3.8, 4) is 11.5 Å². The van der Waals surface area contributed by atoms with Crippen LogP contribution in [0.1, 0.15) is 23.5 Å². The second kappa shape index (κ2) is 9.29. The molecule has 0 unspecified atom stereocenters. The Balaban J connectivity index is 1.93. The second-order valence-corrected chi connectivity index (χ2v) is 6.47. The molecule has 0 aliphatic carbocycles. The number of thiophene rings is 1. The lowest BCUT2D eigenvalue weighted by Crippen LogP contribution is -2.20. The van der Waals surface area contributed by atoms with Gasteiger partial charge in [-0.05, 0) is 38.1 Å². The van der Waals surface area contributed by atoms with E-state index in [4.69, 9.17) is 25.8 Å². The van der Waals surface area contributed by atoms with Crippen LogP contribution >= 0.6 is 22.9 Å². The van der Waals surface area contributed by atoms with Crippen molar-refractivity contribution in [2.75, 3.05) is 25.1 Å². The largest absolute Gasteiger partial charge is 0.490 e. The minimum atomic E-state index is -0.589. The van der Waals surface area contributed by atoms with Crippen molar-refractivity contribution in [1.29, 1.82) is 0 Å².